The molecule has 1 saturated carbocycles. The topological polar surface area (TPSA) is 117 Å². The maximum absolute atomic E-state index is 14.2. The summed E-state index contributed by atoms with van der Waals surface area (Å²) in [5.74, 6) is 0.955. The molecule has 0 radical (unpaired) electrons. The van der Waals surface area contributed by atoms with Gasteiger partial charge in [-0.15, -0.1) is 0 Å². The summed E-state index contributed by atoms with van der Waals surface area (Å²) in [7, 11) is -3.15. The number of carbonyl (C=O) groups excluding carboxylic acids is 1. The summed E-state index contributed by atoms with van der Waals surface area (Å²) >= 11 is 0. The van der Waals surface area contributed by atoms with Crippen molar-refractivity contribution in [2.75, 3.05) is 37.8 Å². The minimum atomic E-state index is -3.15. The van der Waals surface area contributed by atoms with Crippen molar-refractivity contribution in [3.8, 4) is 11.5 Å². The van der Waals surface area contributed by atoms with Gasteiger partial charge in [-0.1, -0.05) is 0 Å². The summed E-state index contributed by atoms with van der Waals surface area (Å²) in [6, 6.07) is 4.17. The van der Waals surface area contributed by atoms with Crippen molar-refractivity contribution < 1.29 is 22.3 Å². The Balaban J connectivity index is 1.34. The monoisotopic (exact) mass is 590 g/mol. The molecule has 1 aliphatic carbocycles. The second-order valence-electron chi connectivity index (χ2n) is 11.5. The first-order valence-corrected chi connectivity index (χ1v) is 16.5. The van der Waals surface area contributed by atoms with Crippen LogP contribution in [0.2, 0.25) is 0 Å². The lowest BCUT2D eigenvalue weighted by Crippen LogP contribution is -2.43. The van der Waals surface area contributed by atoms with Crippen LogP contribution in [0.5, 0.6) is 11.5 Å². The Bertz CT molecular complexity index is 1280. The average Bonchev–Trinajstić information content (AvgIpc) is 2.92. The van der Waals surface area contributed by atoms with E-state index in [4.69, 9.17) is 4.74 Å². The summed E-state index contributed by atoms with van der Waals surface area (Å²) < 4.78 is 46.1. The van der Waals surface area contributed by atoms with E-state index in [9.17, 15) is 17.6 Å². The number of anilines is 1. The largest absolute Gasteiger partial charge is 0.451 e. The Hall–Kier alpha value is -2.83. The lowest BCUT2D eigenvalue weighted by molar-refractivity contribution is 0.0713. The summed E-state index contributed by atoms with van der Waals surface area (Å²) in [5, 5.41) is 3.50. The number of piperidine rings is 1. The van der Waals surface area contributed by atoms with Crippen LogP contribution in [-0.4, -0.2) is 84.7 Å². The molecule has 1 saturated heterocycles. The van der Waals surface area contributed by atoms with Gasteiger partial charge in [-0.25, -0.2) is 27.5 Å². The number of likely N-dealkylation sites (tertiary alicyclic amines) is 1. The van der Waals surface area contributed by atoms with Crippen molar-refractivity contribution in [3.63, 3.8) is 0 Å². The van der Waals surface area contributed by atoms with Gasteiger partial charge in [0.25, 0.3) is 5.91 Å². The summed E-state index contributed by atoms with van der Waals surface area (Å²) in [5.41, 5.74) is 0.157. The highest BCUT2D eigenvalue weighted by Crippen LogP contribution is 2.32. The maximum atomic E-state index is 14.2. The van der Waals surface area contributed by atoms with Crippen LogP contribution in [0.15, 0.2) is 30.7 Å². The number of hydrogen-bond donors (Lipinski definition) is 2. The van der Waals surface area contributed by atoms with Crippen LogP contribution in [0.25, 0.3) is 0 Å². The second kappa shape index (κ2) is 13.9. The quantitative estimate of drug-likeness (QED) is 0.399. The molecule has 226 valence electrons. The molecule has 0 spiro atoms. The molecule has 0 unspecified atom stereocenters. The predicted octanol–water partition coefficient (Wildman–Crippen LogP) is 4.26. The molecule has 2 N–H and O–H groups in total. The smallest absolute Gasteiger partial charge is 0.257 e. The molecule has 0 bridgehead atoms. The molecule has 2 aliphatic rings. The third kappa shape index (κ3) is 8.83. The van der Waals surface area contributed by atoms with Gasteiger partial charge >= 0.3 is 0 Å². The lowest BCUT2D eigenvalue weighted by Gasteiger charge is -2.37. The number of amides is 1. The molecule has 1 aromatic heterocycles. The van der Waals surface area contributed by atoms with Crippen LogP contribution < -0.4 is 14.8 Å². The summed E-state index contributed by atoms with van der Waals surface area (Å²) in [4.78, 5) is 25.9. The molecular formula is C29H43FN6O4S. The lowest BCUT2D eigenvalue weighted by atomic mass is 9.86. The van der Waals surface area contributed by atoms with Crippen molar-refractivity contribution in [2.24, 2.45) is 5.92 Å². The number of aromatic nitrogens is 2. The number of nitrogens with one attached hydrogen (secondary N) is 2. The molecule has 1 aromatic carbocycles. The van der Waals surface area contributed by atoms with Crippen LogP contribution in [0, 0.1) is 11.7 Å². The van der Waals surface area contributed by atoms with Crippen molar-refractivity contribution in [2.45, 2.75) is 77.4 Å². The van der Waals surface area contributed by atoms with E-state index in [0.717, 1.165) is 58.2 Å². The van der Waals surface area contributed by atoms with E-state index in [2.05, 4.69) is 24.9 Å². The van der Waals surface area contributed by atoms with Gasteiger partial charge in [-0.05, 0) is 83.4 Å². The molecule has 0 atom stereocenters. The predicted molar refractivity (Wildman–Crippen MR) is 157 cm³/mol. The van der Waals surface area contributed by atoms with Crippen LogP contribution in [-0.2, 0) is 10.0 Å². The standard InChI is InChI=1S/C29H43FN6O4S/c1-5-36(20(2)3)29(37)25-16-22(30)8-11-26(25)40-27-17-31-19-32-28(27)33-23-12-14-35(15-13-23)18-21-6-9-24(10-7-21)34-41(4,38)39/h8,11,16-17,19-21,23-24,34H,5-7,9-10,12-15,18H2,1-4H3,(H,31,32,33). The Morgan fingerprint density at radius 2 is 1.83 bits per heavy atom. The van der Waals surface area contributed by atoms with Gasteiger partial charge < -0.3 is 19.9 Å². The molecule has 4 rings (SSSR count). The first kappa shape index (κ1) is 31.1. The van der Waals surface area contributed by atoms with E-state index < -0.39 is 15.8 Å². The number of sulfonamides is 1. The number of rotatable bonds is 11. The van der Waals surface area contributed by atoms with Gasteiger partial charge in [0.1, 0.15) is 17.9 Å². The first-order valence-electron chi connectivity index (χ1n) is 14.6. The number of hydrogen-bond acceptors (Lipinski definition) is 8. The molecule has 10 nitrogen and oxygen atoms in total. The zero-order chi connectivity index (χ0) is 29.6. The van der Waals surface area contributed by atoms with Crippen molar-refractivity contribution in [1.82, 2.24) is 24.5 Å². The summed E-state index contributed by atoms with van der Waals surface area (Å²) in [6.07, 6.45) is 9.96. The normalized spacial score (nSPS) is 20.6. The van der Waals surface area contributed by atoms with Crippen LogP contribution >= 0.6 is 0 Å². The van der Waals surface area contributed by atoms with Crippen LogP contribution in [0.4, 0.5) is 10.2 Å². The molecule has 1 amide bonds. The van der Waals surface area contributed by atoms with Crippen LogP contribution in [0.3, 0.4) is 0 Å². The van der Waals surface area contributed by atoms with Gasteiger partial charge in [0.15, 0.2) is 11.6 Å². The molecule has 41 heavy (non-hydrogen) atoms. The minimum Gasteiger partial charge on any atom is -0.451 e. The van der Waals surface area contributed by atoms with E-state index in [-0.39, 0.29) is 35.3 Å². The van der Waals surface area contributed by atoms with Crippen LogP contribution in [0.1, 0.15) is 69.7 Å². The number of halogens is 1. The van der Waals surface area contributed by atoms with E-state index >= 15 is 0 Å². The molecular weight excluding hydrogens is 547 g/mol. The number of nitrogens with zero attached hydrogens (tertiary/aromatic N) is 4. The van der Waals surface area contributed by atoms with Crippen molar-refractivity contribution >= 4 is 21.7 Å². The first-order chi connectivity index (χ1) is 19.5. The highest BCUT2D eigenvalue weighted by atomic mass is 32.2. The van der Waals surface area contributed by atoms with Crippen molar-refractivity contribution in [1.29, 1.82) is 0 Å². The highest BCUT2D eigenvalue weighted by molar-refractivity contribution is 7.88. The fourth-order valence-corrected chi connectivity index (χ4v) is 6.70. The van der Waals surface area contributed by atoms with E-state index in [1.807, 2.05) is 20.8 Å². The zero-order valence-electron chi connectivity index (χ0n) is 24.5. The maximum Gasteiger partial charge on any atom is 0.257 e. The minimum absolute atomic E-state index is 0.0429. The van der Waals surface area contributed by atoms with Gasteiger partial charge in [-0.3, -0.25) is 4.79 Å². The van der Waals surface area contributed by atoms with Gasteiger partial charge in [0.05, 0.1) is 18.0 Å². The highest BCUT2D eigenvalue weighted by Gasteiger charge is 2.28. The second-order valence-corrected chi connectivity index (χ2v) is 13.3. The number of benzene rings is 1. The number of ether oxygens (including phenoxy) is 1. The molecule has 2 fully saturated rings. The van der Waals surface area contributed by atoms with Gasteiger partial charge in [0.2, 0.25) is 10.0 Å². The number of carbonyl (C=O) groups is 1. The third-order valence-electron chi connectivity index (χ3n) is 7.97. The van der Waals surface area contributed by atoms with E-state index in [0.29, 0.717) is 24.0 Å². The van der Waals surface area contributed by atoms with Gasteiger partial charge in [-0.2, -0.15) is 0 Å². The Kier molecular flexibility index (Phi) is 10.5. The van der Waals surface area contributed by atoms with E-state index in [1.165, 1.54) is 30.8 Å². The molecule has 2 heterocycles. The molecule has 1 aliphatic heterocycles. The van der Waals surface area contributed by atoms with E-state index in [1.54, 1.807) is 11.1 Å². The fourth-order valence-electron chi connectivity index (χ4n) is 5.86. The van der Waals surface area contributed by atoms with Crippen molar-refractivity contribution in [3.05, 3.63) is 42.1 Å². The Morgan fingerprint density at radius 3 is 2.46 bits per heavy atom. The average molecular weight is 591 g/mol. The Morgan fingerprint density at radius 1 is 1.12 bits per heavy atom. The Labute approximate surface area is 243 Å². The molecule has 12 heteroatoms. The third-order valence-corrected chi connectivity index (χ3v) is 8.73. The zero-order valence-corrected chi connectivity index (χ0v) is 25.3. The SMILES string of the molecule is CCN(C(=O)c1cc(F)ccc1Oc1cncnc1NC1CCN(CC2CCC(NS(C)(=O)=O)CC2)CC1)C(C)C. The summed E-state index contributed by atoms with van der Waals surface area (Å²) in [6.45, 7) is 9.17. The fraction of sp³-hybridized carbons (Fsp3) is 0.621. The molecule has 2 aromatic rings. The van der Waals surface area contributed by atoms with Gasteiger partial charge in [0, 0.05) is 44.3 Å².